The molecule has 5 heavy (non-hydrogen) atoms. The van der Waals surface area contributed by atoms with Gasteiger partial charge in [0.15, 0.2) is 6.33 Å². The van der Waals surface area contributed by atoms with Gasteiger partial charge in [-0.25, -0.2) is 4.39 Å². The van der Waals surface area contributed by atoms with E-state index < -0.39 is 12.3 Å². The molecule has 0 amide bonds. The van der Waals surface area contributed by atoms with Crippen molar-refractivity contribution >= 4 is 0 Å². The van der Waals surface area contributed by atoms with Crippen molar-refractivity contribution in [1.29, 1.82) is 0 Å². The highest BCUT2D eigenvalue weighted by Gasteiger charge is 1.80. The van der Waals surface area contributed by atoms with E-state index in [1.807, 2.05) is 0 Å². The number of hydrogen-bond acceptors (Lipinski definition) is 0. The fourth-order valence-corrected chi connectivity index (χ4v) is 0. The van der Waals surface area contributed by atoms with Crippen LogP contribution in [0.25, 0.3) is 0 Å². The average Bonchev–Trinajstić information content (AvgIpc) is 1.38. The maximum absolute atomic E-state index is 10.4. The standard InChI is InChI=1S/C2HF2O/c3-1-2(4)5/h1H. The molecular formula is C2HF2O. The molecular weight excluding hydrogens is 78.0 g/mol. The molecule has 29 valence electrons. The van der Waals surface area contributed by atoms with Gasteiger partial charge in [-0.1, -0.05) is 0 Å². The van der Waals surface area contributed by atoms with Crippen LogP contribution in [0.2, 0.25) is 0 Å². The first-order valence-electron chi connectivity index (χ1n) is 0.900. The van der Waals surface area contributed by atoms with E-state index >= 15 is 0 Å². The van der Waals surface area contributed by atoms with Gasteiger partial charge in [-0.2, -0.15) is 4.39 Å². The Balaban J connectivity index is 3.14. The normalized spacial score (nSPS) is 12.0. The van der Waals surface area contributed by atoms with E-state index in [0.29, 0.717) is 0 Å². The van der Waals surface area contributed by atoms with E-state index in [1.165, 1.54) is 0 Å². The molecule has 0 rings (SSSR count). The van der Waals surface area contributed by atoms with Crippen molar-refractivity contribution in [3.05, 3.63) is 12.3 Å². The third-order valence-electron chi connectivity index (χ3n) is 0.0858. The van der Waals surface area contributed by atoms with Gasteiger partial charge in [0.05, 0.1) is 0 Å². The molecule has 0 N–H and O–H groups in total. The highest BCUT2D eigenvalue weighted by Crippen LogP contribution is 1.86. The van der Waals surface area contributed by atoms with Crippen LogP contribution in [0.15, 0.2) is 12.3 Å². The minimum Gasteiger partial charge on any atom is -0.253 e. The van der Waals surface area contributed by atoms with Crippen LogP contribution in [-0.4, -0.2) is 0 Å². The topological polar surface area (TPSA) is 19.9 Å². The Labute approximate surface area is 27.5 Å². The van der Waals surface area contributed by atoms with Crippen LogP contribution >= 0.6 is 0 Å². The van der Waals surface area contributed by atoms with Crippen molar-refractivity contribution in [2.45, 2.75) is 0 Å². The third-order valence-corrected chi connectivity index (χ3v) is 0.0858. The van der Waals surface area contributed by atoms with Crippen molar-refractivity contribution in [3.8, 4) is 0 Å². The summed E-state index contributed by atoms with van der Waals surface area (Å²) in [5.41, 5.74) is 0. The molecule has 0 atom stereocenters. The fourth-order valence-electron chi connectivity index (χ4n) is 0. The molecule has 0 unspecified atom stereocenters. The second-order valence-electron chi connectivity index (χ2n) is 0.413. The van der Waals surface area contributed by atoms with E-state index in [9.17, 15) is 8.78 Å². The molecule has 0 heterocycles. The second-order valence-corrected chi connectivity index (χ2v) is 0.413. The molecule has 0 fully saturated rings. The largest absolute Gasteiger partial charge is 0.352 e. The van der Waals surface area contributed by atoms with Gasteiger partial charge in [0.1, 0.15) is 0 Å². The van der Waals surface area contributed by atoms with Gasteiger partial charge in [0, 0.05) is 0 Å². The van der Waals surface area contributed by atoms with Gasteiger partial charge in [-0.15, -0.1) is 0 Å². The predicted molar refractivity (Wildman–Crippen MR) is 11.0 cm³/mol. The Morgan fingerprint density at radius 1 is 1.80 bits per heavy atom. The molecule has 0 bridgehead atoms. The second kappa shape index (κ2) is 1.69. The van der Waals surface area contributed by atoms with E-state index in [2.05, 4.69) is 0 Å². The molecule has 0 aliphatic heterocycles. The summed E-state index contributed by atoms with van der Waals surface area (Å²) in [6.07, 6.45) is -0.639. The van der Waals surface area contributed by atoms with Gasteiger partial charge >= 0.3 is 6.01 Å². The first-order valence-corrected chi connectivity index (χ1v) is 0.900. The first-order chi connectivity index (χ1) is 2.27. The van der Waals surface area contributed by atoms with Crippen molar-refractivity contribution in [2.75, 3.05) is 0 Å². The smallest absolute Gasteiger partial charge is 0.253 e. The number of halogens is 2. The summed E-state index contributed by atoms with van der Waals surface area (Å²) in [5.74, 6) is 0. The Kier molecular flexibility index (Phi) is 1.49. The molecule has 0 spiro atoms. The lowest BCUT2D eigenvalue weighted by Crippen LogP contribution is -1.51. The maximum Gasteiger partial charge on any atom is 0.352 e. The molecule has 0 aromatic heterocycles. The molecule has 0 aliphatic carbocycles. The van der Waals surface area contributed by atoms with Crippen molar-refractivity contribution in [3.63, 3.8) is 0 Å². The Morgan fingerprint density at radius 2 is 2.00 bits per heavy atom. The summed E-state index contributed by atoms with van der Waals surface area (Å²) < 4.78 is 20.6. The van der Waals surface area contributed by atoms with E-state index in [1.54, 1.807) is 0 Å². The van der Waals surface area contributed by atoms with E-state index in [4.69, 9.17) is 5.11 Å². The Bertz CT molecular complexity index is 45.6. The van der Waals surface area contributed by atoms with Crippen molar-refractivity contribution < 1.29 is 13.9 Å². The summed E-state index contributed by atoms with van der Waals surface area (Å²) in [7, 11) is 0. The van der Waals surface area contributed by atoms with Crippen LogP contribution in [0.4, 0.5) is 8.78 Å². The van der Waals surface area contributed by atoms with Gasteiger partial charge in [-0.05, 0) is 0 Å². The molecule has 1 radical (unpaired) electrons. The quantitative estimate of drug-likeness (QED) is 0.388. The summed E-state index contributed by atoms with van der Waals surface area (Å²) in [6, 6.07) is -2.04. The number of hydrogen-bond donors (Lipinski definition) is 0. The lowest BCUT2D eigenvalue weighted by atomic mass is 11.1. The van der Waals surface area contributed by atoms with Gasteiger partial charge in [-0.3, -0.25) is 5.11 Å². The summed E-state index contributed by atoms with van der Waals surface area (Å²) in [5, 5.41) is 8.72. The lowest BCUT2D eigenvalue weighted by Gasteiger charge is -1.59. The van der Waals surface area contributed by atoms with Crippen LogP contribution in [-0.2, 0) is 5.11 Å². The fraction of sp³-hybridized carbons (Fsp3) is 0. The monoisotopic (exact) mass is 79.0 g/mol. The van der Waals surface area contributed by atoms with Crippen LogP contribution in [0.1, 0.15) is 0 Å². The number of rotatable bonds is 0. The first kappa shape index (κ1) is 4.40. The predicted octanol–water partition coefficient (Wildman–Crippen LogP) is 1.15. The minimum atomic E-state index is -2.04. The van der Waals surface area contributed by atoms with Crippen molar-refractivity contribution in [1.82, 2.24) is 0 Å². The summed E-state index contributed by atoms with van der Waals surface area (Å²) >= 11 is 0. The van der Waals surface area contributed by atoms with Crippen LogP contribution in [0.5, 0.6) is 0 Å². The molecule has 3 heteroatoms. The van der Waals surface area contributed by atoms with E-state index in [0.717, 1.165) is 0 Å². The SMILES string of the molecule is [O]C(F)=CF. The van der Waals surface area contributed by atoms with Gasteiger partial charge < -0.3 is 0 Å². The zero-order valence-corrected chi connectivity index (χ0v) is 2.24. The van der Waals surface area contributed by atoms with Crippen molar-refractivity contribution in [2.24, 2.45) is 0 Å². The van der Waals surface area contributed by atoms with Gasteiger partial charge in [0.25, 0.3) is 0 Å². The molecule has 1 nitrogen and oxygen atoms in total. The maximum atomic E-state index is 10.4. The van der Waals surface area contributed by atoms with Crippen LogP contribution in [0, 0.1) is 0 Å². The lowest BCUT2D eigenvalue weighted by molar-refractivity contribution is 0.190. The average molecular weight is 79.0 g/mol. The highest BCUT2D eigenvalue weighted by molar-refractivity contribution is 4.64. The van der Waals surface area contributed by atoms with Crippen LogP contribution in [0.3, 0.4) is 0 Å². The van der Waals surface area contributed by atoms with Gasteiger partial charge in [0.2, 0.25) is 0 Å². The molecule has 0 aromatic rings. The van der Waals surface area contributed by atoms with Crippen LogP contribution < -0.4 is 0 Å². The minimum absolute atomic E-state index is 0.639. The molecule has 0 saturated heterocycles. The van der Waals surface area contributed by atoms with E-state index in [-0.39, 0.29) is 0 Å². The zero-order chi connectivity index (χ0) is 4.28. The summed E-state index contributed by atoms with van der Waals surface area (Å²) in [4.78, 5) is 0. The Hall–Kier alpha value is -0.600. The third kappa shape index (κ3) is 3.40. The zero-order valence-electron chi connectivity index (χ0n) is 2.24. The summed E-state index contributed by atoms with van der Waals surface area (Å²) in [6.45, 7) is 0. The highest BCUT2D eigenvalue weighted by atomic mass is 19.2. The molecule has 0 aliphatic rings. The Morgan fingerprint density at radius 3 is 2.00 bits per heavy atom. The molecule has 0 saturated carbocycles. The molecule has 0 aromatic carbocycles.